The predicted octanol–water partition coefficient (Wildman–Crippen LogP) is 1.92. The van der Waals surface area contributed by atoms with Crippen LogP contribution in [0.2, 0.25) is 0 Å². The molecule has 2 aromatic rings. The van der Waals surface area contributed by atoms with Gasteiger partial charge in [0.2, 0.25) is 18.6 Å². The Kier molecular flexibility index (Phi) is 4.94. The van der Waals surface area contributed by atoms with Gasteiger partial charge in [-0.2, -0.15) is 5.10 Å². The van der Waals surface area contributed by atoms with E-state index < -0.39 is 6.04 Å². The standard InChI is InChI=1S/C21H26N4O4/c1-13-16(14(2)24(4)22-13)11-23(3)21(27)17-6-8-20(26)25(17)10-15-5-7-18-19(9-15)29-12-28-18/h5,7,9,17H,6,8,10-12H2,1-4H3. The number of nitrogens with zero attached hydrogens (tertiary/aromatic N) is 4. The maximum Gasteiger partial charge on any atom is 0.245 e. The fourth-order valence-electron chi connectivity index (χ4n) is 4.04. The number of ether oxygens (including phenoxy) is 2. The Labute approximate surface area is 170 Å². The molecule has 0 N–H and O–H groups in total. The number of likely N-dealkylation sites (tertiary alicyclic amines) is 1. The number of aromatic nitrogens is 2. The molecule has 2 aliphatic rings. The monoisotopic (exact) mass is 398 g/mol. The van der Waals surface area contributed by atoms with Crippen LogP contribution in [0.15, 0.2) is 18.2 Å². The summed E-state index contributed by atoms with van der Waals surface area (Å²) in [5.74, 6) is 1.34. The van der Waals surface area contributed by atoms with E-state index in [2.05, 4.69) is 5.10 Å². The van der Waals surface area contributed by atoms with Crippen molar-refractivity contribution >= 4 is 11.8 Å². The predicted molar refractivity (Wildman–Crippen MR) is 105 cm³/mol. The number of benzene rings is 1. The molecule has 0 saturated carbocycles. The van der Waals surface area contributed by atoms with Gasteiger partial charge in [0.25, 0.3) is 0 Å². The molecule has 4 rings (SSSR count). The molecule has 2 amide bonds. The molecule has 8 heteroatoms. The van der Waals surface area contributed by atoms with Gasteiger partial charge in [0.05, 0.1) is 5.69 Å². The molecule has 0 radical (unpaired) electrons. The lowest BCUT2D eigenvalue weighted by molar-refractivity contribution is -0.141. The smallest absolute Gasteiger partial charge is 0.245 e. The second-order valence-electron chi connectivity index (χ2n) is 7.73. The Morgan fingerprint density at radius 1 is 1.28 bits per heavy atom. The zero-order valence-electron chi connectivity index (χ0n) is 17.3. The summed E-state index contributed by atoms with van der Waals surface area (Å²) in [6, 6.07) is 5.18. The minimum Gasteiger partial charge on any atom is -0.454 e. The Balaban J connectivity index is 1.49. The fourth-order valence-corrected chi connectivity index (χ4v) is 4.04. The van der Waals surface area contributed by atoms with E-state index in [9.17, 15) is 9.59 Å². The van der Waals surface area contributed by atoms with E-state index in [4.69, 9.17) is 9.47 Å². The van der Waals surface area contributed by atoms with Gasteiger partial charge < -0.3 is 19.3 Å². The summed E-state index contributed by atoms with van der Waals surface area (Å²) in [6.45, 7) is 5.02. The van der Waals surface area contributed by atoms with Crippen molar-refractivity contribution in [3.05, 3.63) is 40.7 Å². The zero-order chi connectivity index (χ0) is 20.7. The van der Waals surface area contributed by atoms with Crippen molar-refractivity contribution in [3.63, 3.8) is 0 Å². The third kappa shape index (κ3) is 3.54. The summed E-state index contributed by atoms with van der Waals surface area (Å²) in [5, 5.41) is 4.42. The minimum atomic E-state index is -0.449. The van der Waals surface area contributed by atoms with Crippen molar-refractivity contribution < 1.29 is 19.1 Å². The van der Waals surface area contributed by atoms with E-state index in [1.807, 2.05) is 43.8 Å². The number of amides is 2. The maximum absolute atomic E-state index is 13.2. The van der Waals surface area contributed by atoms with Gasteiger partial charge >= 0.3 is 0 Å². The van der Waals surface area contributed by atoms with Gasteiger partial charge in [-0.3, -0.25) is 14.3 Å². The van der Waals surface area contributed by atoms with Gasteiger partial charge in [0, 0.05) is 44.9 Å². The van der Waals surface area contributed by atoms with Crippen LogP contribution in [0.4, 0.5) is 0 Å². The summed E-state index contributed by atoms with van der Waals surface area (Å²) >= 11 is 0. The Morgan fingerprint density at radius 2 is 2.03 bits per heavy atom. The molecular weight excluding hydrogens is 372 g/mol. The number of hydrogen-bond acceptors (Lipinski definition) is 5. The largest absolute Gasteiger partial charge is 0.454 e. The summed E-state index contributed by atoms with van der Waals surface area (Å²) in [6.07, 6.45) is 0.928. The van der Waals surface area contributed by atoms with Crippen molar-refractivity contribution in [3.8, 4) is 11.5 Å². The van der Waals surface area contributed by atoms with E-state index in [0.717, 1.165) is 22.5 Å². The zero-order valence-corrected chi connectivity index (χ0v) is 17.3. The van der Waals surface area contributed by atoms with Crippen LogP contribution in [0.25, 0.3) is 0 Å². The SMILES string of the molecule is Cc1nn(C)c(C)c1CN(C)C(=O)C1CCC(=O)N1Cc1ccc2c(c1)OCO2. The van der Waals surface area contributed by atoms with Gasteiger partial charge in [0.1, 0.15) is 6.04 Å². The molecule has 1 aromatic heterocycles. The first kappa shape index (κ1) is 19.3. The van der Waals surface area contributed by atoms with Crippen molar-refractivity contribution in [1.29, 1.82) is 0 Å². The molecule has 1 atom stereocenters. The lowest BCUT2D eigenvalue weighted by Gasteiger charge is -2.28. The van der Waals surface area contributed by atoms with E-state index in [0.29, 0.717) is 37.4 Å². The van der Waals surface area contributed by atoms with Crippen molar-refractivity contribution in [2.45, 2.75) is 45.8 Å². The average molecular weight is 398 g/mol. The number of hydrogen-bond donors (Lipinski definition) is 0. The molecule has 1 fully saturated rings. The Bertz CT molecular complexity index is 968. The van der Waals surface area contributed by atoms with E-state index in [-0.39, 0.29) is 18.6 Å². The fraction of sp³-hybridized carbons (Fsp3) is 0.476. The summed E-state index contributed by atoms with van der Waals surface area (Å²) in [7, 11) is 3.69. The number of fused-ring (bicyclic) bond motifs is 1. The van der Waals surface area contributed by atoms with Crippen molar-refractivity contribution in [2.75, 3.05) is 13.8 Å². The van der Waals surface area contributed by atoms with Crippen LogP contribution in [0.3, 0.4) is 0 Å². The van der Waals surface area contributed by atoms with Crippen LogP contribution < -0.4 is 9.47 Å². The lowest BCUT2D eigenvalue weighted by Crippen LogP contribution is -2.44. The van der Waals surface area contributed by atoms with Gasteiger partial charge in [-0.1, -0.05) is 6.07 Å². The third-order valence-electron chi connectivity index (χ3n) is 5.83. The average Bonchev–Trinajstić information content (AvgIpc) is 3.36. The van der Waals surface area contributed by atoms with E-state index in [1.165, 1.54) is 0 Å². The number of carbonyl (C=O) groups is 2. The molecule has 0 aliphatic carbocycles. The molecule has 1 saturated heterocycles. The van der Waals surface area contributed by atoms with Crippen LogP contribution in [0.1, 0.15) is 35.4 Å². The van der Waals surface area contributed by atoms with Gasteiger partial charge in [-0.15, -0.1) is 0 Å². The highest BCUT2D eigenvalue weighted by molar-refractivity contribution is 5.90. The highest BCUT2D eigenvalue weighted by Crippen LogP contribution is 2.33. The molecule has 8 nitrogen and oxygen atoms in total. The topological polar surface area (TPSA) is 76.9 Å². The molecule has 1 aromatic carbocycles. The first-order valence-electron chi connectivity index (χ1n) is 9.77. The highest BCUT2D eigenvalue weighted by atomic mass is 16.7. The lowest BCUT2D eigenvalue weighted by atomic mass is 10.1. The first-order chi connectivity index (χ1) is 13.8. The Hall–Kier alpha value is -3.03. The van der Waals surface area contributed by atoms with E-state index in [1.54, 1.807) is 16.8 Å². The van der Waals surface area contributed by atoms with Crippen molar-refractivity contribution in [2.24, 2.45) is 7.05 Å². The quantitative estimate of drug-likeness (QED) is 0.769. The molecule has 29 heavy (non-hydrogen) atoms. The number of likely N-dealkylation sites (N-methyl/N-ethyl adjacent to an activating group) is 1. The summed E-state index contributed by atoms with van der Waals surface area (Å²) in [5.41, 5.74) is 3.94. The summed E-state index contributed by atoms with van der Waals surface area (Å²) < 4.78 is 12.6. The van der Waals surface area contributed by atoms with Gasteiger partial charge in [-0.05, 0) is 38.0 Å². The molecule has 154 valence electrons. The number of carbonyl (C=O) groups excluding carboxylic acids is 2. The third-order valence-corrected chi connectivity index (χ3v) is 5.83. The molecule has 0 spiro atoms. The van der Waals surface area contributed by atoms with Crippen LogP contribution in [0, 0.1) is 13.8 Å². The van der Waals surface area contributed by atoms with Gasteiger partial charge in [-0.25, -0.2) is 0 Å². The maximum atomic E-state index is 13.2. The Morgan fingerprint density at radius 3 is 2.76 bits per heavy atom. The molecule has 1 unspecified atom stereocenters. The van der Waals surface area contributed by atoms with Crippen LogP contribution >= 0.6 is 0 Å². The van der Waals surface area contributed by atoms with Gasteiger partial charge in [0.15, 0.2) is 11.5 Å². The number of aryl methyl sites for hydroxylation is 2. The minimum absolute atomic E-state index is 0.00292. The van der Waals surface area contributed by atoms with E-state index >= 15 is 0 Å². The first-order valence-corrected chi connectivity index (χ1v) is 9.77. The molecular formula is C21H26N4O4. The second kappa shape index (κ2) is 7.42. The highest BCUT2D eigenvalue weighted by Gasteiger charge is 2.37. The van der Waals surface area contributed by atoms with Crippen LogP contribution in [0.5, 0.6) is 11.5 Å². The van der Waals surface area contributed by atoms with Crippen LogP contribution in [-0.2, 0) is 29.7 Å². The summed E-state index contributed by atoms with van der Waals surface area (Å²) in [4.78, 5) is 29.1. The normalized spacial score (nSPS) is 17.9. The number of rotatable bonds is 5. The van der Waals surface area contributed by atoms with Crippen molar-refractivity contribution in [1.82, 2.24) is 19.6 Å². The molecule has 0 bridgehead atoms. The van der Waals surface area contributed by atoms with Crippen LogP contribution in [-0.4, -0.2) is 51.3 Å². The molecule has 3 heterocycles. The molecule has 2 aliphatic heterocycles. The second-order valence-corrected chi connectivity index (χ2v) is 7.73.